The van der Waals surface area contributed by atoms with Crippen LogP contribution in [0.25, 0.3) is 0 Å². The average molecular weight is 249 g/mol. The van der Waals surface area contributed by atoms with E-state index in [1.807, 2.05) is 51.5 Å². The van der Waals surface area contributed by atoms with Crippen molar-refractivity contribution in [3.63, 3.8) is 0 Å². The average Bonchev–Trinajstić information content (AvgIpc) is 2.39. The summed E-state index contributed by atoms with van der Waals surface area (Å²) < 4.78 is 0. The molecule has 0 aliphatic heterocycles. The van der Waals surface area contributed by atoms with Crippen molar-refractivity contribution in [1.29, 1.82) is 0 Å². The maximum atomic E-state index is 12.1. The van der Waals surface area contributed by atoms with Crippen molar-refractivity contribution in [2.75, 3.05) is 45.7 Å². The quantitative estimate of drug-likeness (QED) is 0.737. The molecule has 0 heterocycles. The SMILES string of the molecule is CNCCCN(C)CC(=O)N(C)c1ccccc1. The molecule has 0 atom stereocenters. The highest BCUT2D eigenvalue weighted by atomic mass is 16.2. The van der Waals surface area contributed by atoms with Crippen molar-refractivity contribution in [3.05, 3.63) is 30.3 Å². The smallest absolute Gasteiger partial charge is 0.240 e. The van der Waals surface area contributed by atoms with E-state index in [4.69, 9.17) is 0 Å². The van der Waals surface area contributed by atoms with E-state index in [1.165, 1.54) is 0 Å². The second kappa shape index (κ2) is 7.84. The van der Waals surface area contributed by atoms with Gasteiger partial charge in [0.25, 0.3) is 0 Å². The van der Waals surface area contributed by atoms with Crippen LogP contribution in [0.15, 0.2) is 30.3 Å². The Hall–Kier alpha value is -1.39. The number of nitrogens with zero attached hydrogens (tertiary/aromatic N) is 2. The monoisotopic (exact) mass is 249 g/mol. The minimum atomic E-state index is 0.119. The summed E-state index contributed by atoms with van der Waals surface area (Å²) in [4.78, 5) is 15.8. The number of rotatable bonds is 7. The third kappa shape index (κ3) is 4.85. The molecule has 1 aromatic carbocycles. The molecule has 0 bridgehead atoms. The lowest BCUT2D eigenvalue weighted by atomic mass is 10.3. The van der Waals surface area contributed by atoms with E-state index < -0.39 is 0 Å². The number of hydrogen-bond acceptors (Lipinski definition) is 3. The number of nitrogens with one attached hydrogen (secondary N) is 1. The Labute approximate surface area is 110 Å². The van der Waals surface area contributed by atoms with Crippen LogP contribution in [0.3, 0.4) is 0 Å². The van der Waals surface area contributed by atoms with Crippen molar-refractivity contribution in [2.24, 2.45) is 0 Å². The molecule has 0 fully saturated rings. The summed E-state index contributed by atoms with van der Waals surface area (Å²) in [5.74, 6) is 0.119. The van der Waals surface area contributed by atoms with E-state index in [-0.39, 0.29) is 5.91 Å². The number of likely N-dealkylation sites (N-methyl/N-ethyl adjacent to an activating group) is 2. The van der Waals surface area contributed by atoms with Crippen molar-refractivity contribution in [3.8, 4) is 0 Å². The fourth-order valence-electron chi connectivity index (χ4n) is 1.74. The van der Waals surface area contributed by atoms with Gasteiger partial charge in [-0.15, -0.1) is 0 Å². The van der Waals surface area contributed by atoms with E-state index >= 15 is 0 Å². The molecule has 0 aliphatic rings. The van der Waals surface area contributed by atoms with Gasteiger partial charge in [-0.3, -0.25) is 9.69 Å². The molecular weight excluding hydrogens is 226 g/mol. The summed E-state index contributed by atoms with van der Waals surface area (Å²) in [6.45, 7) is 2.36. The molecule has 0 saturated carbocycles. The molecule has 0 aliphatic carbocycles. The Morgan fingerprint density at radius 2 is 1.89 bits per heavy atom. The minimum Gasteiger partial charge on any atom is -0.320 e. The maximum Gasteiger partial charge on any atom is 0.240 e. The molecule has 100 valence electrons. The van der Waals surface area contributed by atoms with Crippen molar-refractivity contribution >= 4 is 11.6 Å². The van der Waals surface area contributed by atoms with Crippen LogP contribution < -0.4 is 10.2 Å². The number of carbonyl (C=O) groups excluding carboxylic acids is 1. The molecule has 0 saturated heterocycles. The van der Waals surface area contributed by atoms with Crippen LogP contribution >= 0.6 is 0 Å². The fraction of sp³-hybridized carbons (Fsp3) is 0.500. The third-order valence-corrected chi connectivity index (χ3v) is 2.89. The van der Waals surface area contributed by atoms with Crippen LogP contribution in [-0.4, -0.2) is 51.6 Å². The van der Waals surface area contributed by atoms with E-state index in [0.29, 0.717) is 6.54 Å². The van der Waals surface area contributed by atoms with Gasteiger partial charge < -0.3 is 10.2 Å². The topological polar surface area (TPSA) is 35.6 Å². The van der Waals surface area contributed by atoms with Gasteiger partial charge in [0.15, 0.2) is 0 Å². The molecule has 0 radical (unpaired) electrons. The highest BCUT2D eigenvalue weighted by Gasteiger charge is 2.12. The van der Waals surface area contributed by atoms with Gasteiger partial charge in [0.1, 0.15) is 0 Å². The van der Waals surface area contributed by atoms with Gasteiger partial charge in [-0.2, -0.15) is 0 Å². The summed E-state index contributed by atoms with van der Waals surface area (Å²) in [5.41, 5.74) is 0.936. The predicted molar refractivity (Wildman–Crippen MR) is 75.9 cm³/mol. The first-order chi connectivity index (χ1) is 8.65. The highest BCUT2D eigenvalue weighted by Crippen LogP contribution is 2.11. The Balaban J connectivity index is 2.40. The zero-order valence-electron chi connectivity index (χ0n) is 11.5. The van der Waals surface area contributed by atoms with Gasteiger partial charge in [0.05, 0.1) is 6.54 Å². The van der Waals surface area contributed by atoms with Crippen LogP contribution in [-0.2, 0) is 4.79 Å². The molecule has 1 aromatic rings. The lowest BCUT2D eigenvalue weighted by Crippen LogP contribution is -2.37. The van der Waals surface area contributed by atoms with Crippen molar-refractivity contribution in [2.45, 2.75) is 6.42 Å². The number of para-hydroxylation sites is 1. The van der Waals surface area contributed by atoms with E-state index in [2.05, 4.69) is 10.2 Å². The van der Waals surface area contributed by atoms with Crippen molar-refractivity contribution in [1.82, 2.24) is 10.2 Å². The minimum absolute atomic E-state index is 0.119. The van der Waals surface area contributed by atoms with Crippen LogP contribution in [0.2, 0.25) is 0 Å². The third-order valence-electron chi connectivity index (χ3n) is 2.89. The second-order valence-electron chi connectivity index (χ2n) is 4.48. The maximum absolute atomic E-state index is 12.1. The number of benzene rings is 1. The molecule has 1 amide bonds. The van der Waals surface area contributed by atoms with E-state index in [0.717, 1.165) is 25.2 Å². The first kappa shape index (κ1) is 14.7. The zero-order valence-corrected chi connectivity index (χ0v) is 11.5. The number of carbonyl (C=O) groups is 1. The van der Waals surface area contributed by atoms with Gasteiger partial charge in [-0.25, -0.2) is 0 Å². The lowest BCUT2D eigenvalue weighted by molar-refractivity contribution is -0.119. The molecule has 18 heavy (non-hydrogen) atoms. The fourth-order valence-corrected chi connectivity index (χ4v) is 1.74. The Morgan fingerprint density at radius 1 is 1.22 bits per heavy atom. The highest BCUT2D eigenvalue weighted by molar-refractivity contribution is 5.94. The van der Waals surface area contributed by atoms with Crippen LogP contribution in [0, 0.1) is 0 Å². The zero-order chi connectivity index (χ0) is 13.4. The molecule has 4 heteroatoms. The van der Waals surface area contributed by atoms with E-state index in [1.54, 1.807) is 4.90 Å². The first-order valence-electron chi connectivity index (χ1n) is 6.30. The summed E-state index contributed by atoms with van der Waals surface area (Å²) in [7, 11) is 5.74. The number of amides is 1. The van der Waals surface area contributed by atoms with E-state index in [9.17, 15) is 4.79 Å². The number of hydrogen-bond donors (Lipinski definition) is 1. The summed E-state index contributed by atoms with van der Waals surface area (Å²) in [6.07, 6.45) is 1.05. The molecule has 0 spiro atoms. The first-order valence-corrected chi connectivity index (χ1v) is 6.30. The molecule has 0 unspecified atom stereocenters. The number of anilines is 1. The molecule has 1 rings (SSSR count). The largest absolute Gasteiger partial charge is 0.320 e. The van der Waals surface area contributed by atoms with Gasteiger partial charge in [-0.05, 0) is 45.7 Å². The standard InChI is InChI=1S/C14H23N3O/c1-15-10-7-11-16(2)12-14(18)17(3)13-8-5-4-6-9-13/h4-6,8-9,15H,7,10-12H2,1-3H3. The van der Waals surface area contributed by atoms with Gasteiger partial charge in [0.2, 0.25) is 5.91 Å². The Bertz CT molecular complexity index is 353. The van der Waals surface area contributed by atoms with Gasteiger partial charge in [-0.1, -0.05) is 18.2 Å². The summed E-state index contributed by atoms with van der Waals surface area (Å²) >= 11 is 0. The van der Waals surface area contributed by atoms with Crippen LogP contribution in [0.5, 0.6) is 0 Å². The molecule has 1 N–H and O–H groups in total. The Morgan fingerprint density at radius 3 is 2.50 bits per heavy atom. The normalized spacial score (nSPS) is 10.7. The Kier molecular flexibility index (Phi) is 6.39. The summed E-state index contributed by atoms with van der Waals surface area (Å²) in [6, 6.07) is 9.72. The van der Waals surface area contributed by atoms with Crippen LogP contribution in [0.4, 0.5) is 5.69 Å². The molecule has 0 aromatic heterocycles. The summed E-state index contributed by atoms with van der Waals surface area (Å²) in [5, 5.41) is 3.10. The lowest BCUT2D eigenvalue weighted by Gasteiger charge is -2.21. The second-order valence-corrected chi connectivity index (χ2v) is 4.48. The van der Waals surface area contributed by atoms with Crippen LogP contribution in [0.1, 0.15) is 6.42 Å². The van der Waals surface area contributed by atoms with Gasteiger partial charge in [0, 0.05) is 12.7 Å². The predicted octanol–water partition coefficient (Wildman–Crippen LogP) is 1.19. The van der Waals surface area contributed by atoms with Crippen molar-refractivity contribution < 1.29 is 4.79 Å². The molecule has 4 nitrogen and oxygen atoms in total. The van der Waals surface area contributed by atoms with Gasteiger partial charge >= 0.3 is 0 Å². The molecular formula is C14H23N3O.